The molecule has 13 heavy (non-hydrogen) atoms. The zero-order chi connectivity index (χ0) is 9.31. The van der Waals surface area contributed by atoms with Crippen LogP contribution in [0.4, 0.5) is 0 Å². The maximum absolute atomic E-state index is 10.1. The predicted octanol–water partition coefficient (Wildman–Crippen LogP) is 1.68. The highest BCUT2D eigenvalue weighted by Crippen LogP contribution is 2.30. The van der Waals surface area contributed by atoms with Gasteiger partial charge in [0.25, 0.3) is 0 Å². The van der Waals surface area contributed by atoms with Crippen molar-refractivity contribution in [3.05, 3.63) is 35.9 Å². The van der Waals surface area contributed by atoms with E-state index in [1.54, 1.807) is 0 Å². The Morgan fingerprint density at radius 3 is 2.62 bits per heavy atom. The van der Waals surface area contributed by atoms with Crippen molar-refractivity contribution in [3.8, 4) is 0 Å². The number of benzene rings is 1. The van der Waals surface area contributed by atoms with Gasteiger partial charge in [0.05, 0.1) is 18.3 Å². The lowest BCUT2D eigenvalue weighted by Crippen LogP contribution is -2.23. The van der Waals surface area contributed by atoms with Gasteiger partial charge in [0, 0.05) is 6.42 Å². The molecule has 0 aromatic heterocycles. The Morgan fingerprint density at radius 1 is 1.46 bits per heavy atom. The second-order valence-corrected chi connectivity index (χ2v) is 3.80. The minimum atomic E-state index is -0.748. The summed E-state index contributed by atoms with van der Waals surface area (Å²) >= 11 is 0. The largest absolute Gasteiger partial charge is 0.385 e. The van der Waals surface area contributed by atoms with Crippen molar-refractivity contribution in [1.29, 1.82) is 0 Å². The van der Waals surface area contributed by atoms with Gasteiger partial charge in [-0.2, -0.15) is 0 Å². The molecule has 1 saturated heterocycles. The van der Waals surface area contributed by atoms with Gasteiger partial charge in [-0.3, -0.25) is 0 Å². The molecule has 0 radical (unpaired) electrons. The highest BCUT2D eigenvalue weighted by molar-refractivity contribution is 5.21. The van der Waals surface area contributed by atoms with Crippen LogP contribution in [0.5, 0.6) is 0 Å². The number of aliphatic hydroxyl groups is 1. The van der Waals surface area contributed by atoms with Crippen molar-refractivity contribution in [2.45, 2.75) is 25.0 Å². The van der Waals surface area contributed by atoms with Gasteiger partial charge >= 0.3 is 0 Å². The fourth-order valence-electron chi connectivity index (χ4n) is 1.54. The number of ether oxygens (including phenoxy) is 1. The van der Waals surface area contributed by atoms with Gasteiger partial charge in [-0.25, -0.2) is 0 Å². The number of rotatable bonds is 3. The minimum absolute atomic E-state index is 0.259. The molecule has 1 aliphatic rings. The smallest absolute Gasteiger partial charge is 0.0894 e. The van der Waals surface area contributed by atoms with Crippen LogP contribution in [0.1, 0.15) is 18.9 Å². The van der Waals surface area contributed by atoms with E-state index in [0.29, 0.717) is 6.42 Å². The van der Waals surface area contributed by atoms with Crippen LogP contribution in [0.3, 0.4) is 0 Å². The first-order chi connectivity index (χ1) is 6.18. The van der Waals surface area contributed by atoms with Gasteiger partial charge in [0.15, 0.2) is 0 Å². The predicted molar refractivity (Wildman–Crippen MR) is 50.4 cm³/mol. The molecule has 2 atom stereocenters. The summed E-state index contributed by atoms with van der Waals surface area (Å²) in [5, 5.41) is 10.1. The molecule has 70 valence electrons. The highest BCUT2D eigenvalue weighted by atomic mass is 16.6. The molecule has 1 aliphatic heterocycles. The van der Waals surface area contributed by atoms with Gasteiger partial charge in [-0.15, -0.1) is 0 Å². The Kier molecular flexibility index (Phi) is 2.10. The zero-order valence-electron chi connectivity index (χ0n) is 7.73. The third-order valence-corrected chi connectivity index (χ3v) is 2.42. The lowest BCUT2D eigenvalue weighted by atomic mass is 9.91. The Balaban J connectivity index is 2.12. The molecule has 1 aromatic carbocycles. The van der Waals surface area contributed by atoms with Crippen LogP contribution in [-0.2, 0) is 10.3 Å². The summed E-state index contributed by atoms with van der Waals surface area (Å²) < 4.78 is 5.11. The number of hydrogen-bond donors (Lipinski definition) is 1. The Hall–Kier alpha value is -0.860. The van der Waals surface area contributed by atoms with E-state index in [-0.39, 0.29) is 6.10 Å². The second kappa shape index (κ2) is 3.13. The molecule has 1 N–H and O–H groups in total. The van der Waals surface area contributed by atoms with Crippen LogP contribution in [0.25, 0.3) is 0 Å². The van der Waals surface area contributed by atoms with Crippen LogP contribution < -0.4 is 0 Å². The average molecular weight is 178 g/mol. The van der Waals surface area contributed by atoms with Gasteiger partial charge in [0.1, 0.15) is 0 Å². The first-order valence-corrected chi connectivity index (χ1v) is 4.58. The molecule has 1 fully saturated rings. The summed E-state index contributed by atoms with van der Waals surface area (Å²) in [7, 11) is 0. The van der Waals surface area contributed by atoms with Gasteiger partial charge in [-0.05, 0) is 12.5 Å². The monoisotopic (exact) mass is 178 g/mol. The van der Waals surface area contributed by atoms with Crippen LogP contribution >= 0.6 is 0 Å². The Labute approximate surface area is 78.2 Å². The van der Waals surface area contributed by atoms with E-state index >= 15 is 0 Å². The van der Waals surface area contributed by atoms with Crippen molar-refractivity contribution < 1.29 is 9.84 Å². The summed E-state index contributed by atoms with van der Waals surface area (Å²) in [5.41, 5.74) is 0.216. The maximum atomic E-state index is 10.1. The fourth-order valence-corrected chi connectivity index (χ4v) is 1.54. The summed E-state index contributed by atoms with van der Waals surface area (Å²) in [5.74, 6) is 0. The highest BCUT2D eigenvalue weighted by Gasteiger charge is 2.33. The summed E-state index contributed by atoms with van der Waals surface area (Å²) in [6.45, 7) is 2.63. The molecule has 0 spiro atoms. The molecule has 1 aromatic rings. The SMILES string of the molecule is C[C@](O)(C[C@H]1CO1)c1ccccc1. The van der Waals surface area contributed by atoms with Gasteiger partial charge in [-0.1, -0.05) is 30.3 Å². The van der Waals surface area contributed by atoms with Crippen LogP contribution in [-0.4, -0.2) is 17.8 Å². The summed E-state index contributed by atoms with van der Waals surface area (Å²) in [6, 6.07) is 9.73. The standard InChI is InChI=1S/C11H14O2/c1-11(12,7-10-8-13-10)9-5-3-2-4-6-9/h2-6,10,12H,7-8H2,1H3/t10-,11-/m0/s1. The van der Waals surface area contributed by atoms with Crippen molar-refractivity contribution in [1.82, 2.24) is 0 Å². The molecular weight excluding hydrogens is 164 g/mol. The topological polar surface area (TPSA) is 32.8 Å². The lowest BCUT2D eigenvalue weighted by molar-refractivity contribution is 0.0396. The van der Waals surface area contributed by atoms with E-state index in [2.05, 4.69) is 0 Å². The number of hydrogen-bond acceptors (Lipinski definition) is 2. The third-order valence-electron chi connectivity index (χ3n) is 2.42. The molecule has 2 heteroatoms. The van der Waals surface area contributed by atoms with Crippen molar-refractivity contribution in [3.63, 3.8) is 0 Å². The van der Waals surface area contributed by atoms with E-state index in [0.717, 1.165) is 12.2 Å². The molecule has 0 unspecified atom stereocenters. The summed E-state index contributed by atoms with van der Waals surface area (Å²) in [4.78, 5) is 0. The van der Waals surface area contributed by atoms with Gasteiger partial charge < -0.3 is 9.84 Å². The maximum Gasteiger partial charge on any atom is 0.0894 e. The first-order valence-electron chi connectivity index (χ1n) is 4.58. The second-order valence-electron chi connectivity index (χ2n) is 3.80. The quantitative estimate of drug-likeness (QED) is 0.714. The van der Waals surface area contributed by atoms with E-state index in [1.165, 1.54) is 0 Å². The molecule has 0 saturated carbocycles. The molecule has 1 heterocycles. The molecule has 2 nitrogen and oxygen atoms in total. The van der Waals surface area contributed by atoms with E-state index in [9.17, 15) is 5.11 Å². The van der Waals surface area contributed by atoms with Crippen molar-refractivity contribution in [2.24, 2.45) is 0 Å². The van der Waals surface area contributed by atoms with Crippen molar-refractivity contribution in [2.75, 3.05) is 6.61 Å². The summed E-state index contributed by atoms with van der Waals surface area (Å²) in [6.07, 6.45) is 0.951. The molecule has 0 aliphatic carbocycles. The Morgan fingerprint density at radius 2 is 2.08 bits per heavy atom. The average Bonchev–Trinajstić information content (AvgIpc) is 2.89. The van der Waals surface area contributed by atoms with E-state index < -0.39 is 5.60 Å². The van der Waals surface area contributed by atoms with Crippen LogP contribution in [0, 0.1) is 0 Å². The molecular formula is C11H14O2. The molecule has 0 amide bonds. The van der Waals surface area contributed by atoms with E-state index in [4.69, 9.17) is 4.74 Å². The van der Waals surface area contributed by atoms with E-state index in [1.807, 2.05) is 37.3 Å². The normalized spacial score (nSPS) is 25.2. The Bertz CT molecular complexity index is 275. The molecule has 0 bridgehead atoms. The third kappa shape index (κ3) is 2.08. The fraction of sp³-hybridized carbons (Fsp3) is 0.455. The first kappa shape index (κ1) is 8.73. The lowest BCUT2D eigenvalue weighted by Gasteiger charge is -2.22. The van der Waals surface area contributed by atoms with Crippen molar-refractivity contribution >= 4 is 0 Å². The number of epoxide rings is 1. The zero-order valence-corrected chi connectivity index (χ0v) is 7.73. The van der Waals surface area contributed by atoms with Crippen LogP contribution in [0.2, 0.25) is 0 Å². The van der Waals surface area contributed by atoms with Crippen LogP contribution in [0.15, 0.2) is 30.3 Å². The van der Waals surface area contributed by atoms with Gasteiger partial charge in [0.2, 0.25) is 0 Å². The minimum Gasteiger partial charge on any atom is -0.385 e. The molecule has 2 rings (SSSR count).